The van der Waals surface area contributed by atoms with Gasteiger partial charge in [-0.05, 0) is 31.2 Å². The number of benzene rings is 2. The first-order valence-electron chi connectivity index (χ1n) is 7.75. The number of aromatic nitrogens is 3. The molecule has 8 heteroatoms. The SMILES string of the molecule is Cc1nn(-c2ccccc2)nc1C(=O)OCC(=O)Nc1ccccc1Cl. The molecule has 0 bridgehead atoms. The average Bonchev–Trinajstić information content (AvgIpc) is 3.04. The topological polar surface area (TPSA) is 86.1 Å². The number of hydrogen-bond donors (Lipinski definition) is 1. The van der Waals surface area contributed by atoms with E-state index in [1.54, 1.807) is 31.2 Å². The molecule has 132 valence electrons. The molecule has 1 amide bonds. The lowest BCUT2D eigenvalue weighted by molar-refractivity contribution is -0.119. The van der Waals surface area contributed by atoms with Crippen molar-refractivity contribution in [3.05, 3.63) is 71.0 Å². The van der Waals surface area contributed by atoms with Gasteiger partial charge in [-0.3, -0.25) is 4.79 Å². The number of nitrogens with zero attached hydrogens (tertiary/aromatic N) is 3. The summed E-state index contributed by atoms with van der Waals surface area (Å²) in [6.45, 7) is 1.19. The zero-order valence-corrected chi connectivity index (χ0v) is 14.6. The molecule has 0 aliphatic heterocycles. The van der Waals surface area contributed by atoms with Crippen LogP contribution in [0.15, 0.2) is 54.6 Å². The van der Waals surface area contributed by atoms with Crippen molar-refractivity contribution in [3.8, 4) is 5.69 Å². The molecule has 0 radical (unpaired) electrons. The lowest BCUT2D eigenvalue weighted by Gasteiger charge is -2.07. The third-order valence-electron chi connectivity index (χ3n) is 3.44. The second kappa shape index (κ2) is 7.79. The molecule has 1 N–H and O–H groups in total. The molecule has 0 aliphatic carbocycles. The molecule has 3 aromatic rings. The maximum Gasteiger partial charge on any atom is 0.361 e. The van der Waals surface area contributed by atoms with Crippen LogP contribution in [0.1, 0.15) is 16.2 Å². The summed E-state index contributed by atoms with van der Waals surface area (Å²) < 4.78 is 5.02. The van der Waals surface area contributed by atoms with E-state index in [4.69, 9.17) is 16.3 Å². The zero-order chi connectivity index (χ0) is 18.5. The number of anilines is 1. The van der Waals surface area contributed by atoms with E-state index in [-0.39, 0.29) is 5.69 Å². The monoisotopic (exact) mass is 370 g/mol. The molecule has 0 saturated carbocycles. The minimum Gasteiger partial charge on any atom is -0.451 e. The second-order valence-corrected chi connectivity index (χ2v) is 5.77. The van der Waals surface area contributed by atoms with Gasteiger partial charge < -0.3 is 10.1 Å². The Bertz CT molecular complexity index is 941. The molecular weight excluding hydrogens is 356 g/mol. The van der Waals surface area contributed by atoms with Crippen LogP contribution in [-0.4, -0.2) is 33.5 Å². The van der Waals surface area contributed by atoms with Gasteiger partial charge in [0.15, 0.2) is 12.3 Å². The van der Waals surface area contributed by atoms with Gasteiger partial charge in [0.1, 0.15) is 0 Å². The van der Waals surface area contributed by atoms with Crippen LogP contribution in [0.2, 0.25) is 5.02 Å². The smallest absolute Gasteiger partial charge is 0.361 e. The van der Waals surface area contributed by atoms with Crippen LogP contribution in [0, 0.1) is 6.92 Å². The number of ether oxygens (including phenoxy) is 1. The van der Waals surface area contributed by atoms with Crippen LogP contribution in [0.25, 0.3) is 5.69 Å². The van der Waals surface area contributed by atoms with E-state index in [1.807, 2.05) is 30.3 Å². The highest BCUT2D eigenvalue weighted by Gasteiger charge is 2.19. The minimum atomic E-state index is -0.723. The first-order chi connectivity index (χ1) is 12.5. The summed E-state index contributed by atoms with van der Waals surface area (Å²) in [4.78, 5) is 25.5. The van der Waals surface area contributed by atoms with Crippen LogP contribution in [0.3, 0.4) is 0 Å². The maximum atomic E-state index is 12.2. The average molecular weight is 371 g/mol. The van der Waals surface area contributed by atoms with Gasteiger partial charge in [0.25, 0.3) is 5.91 Å². The lowest BCUT2D eigenvalue weighted by Crippen LogP contribution is -2.21. The van der Waals surface area contributed by atoms with Gasteiger partial charge in [-0.15, -0.1) is 5.10 Å². The van der Waals surface area contributed by atoms with E-state index < -0.39 is 18.5 Å². The predicted molar refractivity (Wildman–Crippen MR) is 96.5 cm³/mol. The summed E-state index contributed by atoms with van der Waals surface area (Å²) in [6.07, 6.45) is 0. The molecule has 2 aromatic carbocycles. The molecule has 3 rings (SSSR count). The van der Waals surface area contributed by atoms with Crippen LogP contribution in [0.4, 0.5) is 5.69 Å². The molecule has 0 aliphatic rings. The molecule has 7 nitrogen and oxygen atoms in total. The predicted octanol–water partition coefficient (Wildman–Crippen LogP) is 3.02. The van der Waals surface area contributed by atoms with Crippen molar-refractivity contribution in [3.63, 3.8) is 0 Å². The Labute approximate surface area is 154 Å². The highest BCUT2D eigenvalue weighted by atomic mass is 35.5. The number of carbonyl (C=O) groups excluding carboxylic acids is 2. The van der Waals surface area contributed by atoms with Gasteiger partial charge in [-0.1, -0.05) is 41.9 Å². The largest absolute Gasteiger partial charge is 0.451 e. The number of para-hydroxylation sites is 2. The summed E-state index contributed by atoms with van der Waals surface area (Å²) in [5, 5.41) is 11.3. The van der Waals surface area contributed by atoms with E-state index in [2.05, 4.69) is 15.5 Å². The number of rotatable bonds is 5. The van der Waals surface area contributed by atoms with Gasteiger partial charge in [-0.2, -0.15) is 9.90 Å². The Kier molecular flexibility index (Phi) is 5.28. The Morgan fingerprint density at radius 1 is 1.08 bits per heavy atom. The molecule has 1 aromatic heterocycles. The molecular formula is C18H15ClN4O3. The van der Waals surface area contributed by atoms with Crippen molar-refractivity contribution >= 4 is 29.2 Å². The van der Waals surface area contributed by atoms with Crippen LogP contribution in [0.5, 0.6) is 0 Å². The van der Waals surface area contributed by atoms with E-state index in [0.717, 1.165) is 0 Å². The third-order valence-corrected chi connectivity index (χ3v) is 3.77. The molecule has 26 heavy (non-hydrogen) atoms. The Hall–Kier alpha value is -3.19. The molecule has 0 atom stereocenters. The quantitative estimate of drug-likeness (QED) is 0.698. The molecule has 0 fully saturated rings. The van der Waals surface area contributed by atoms with Crippen LogP contribution < -0.4 is 5.32 Å². The van der Waals surface area contributed by atoms with E-state index in [1.165, 1.54) is 4.80 Å². The van der Waals surface area contributed by atoms with Crippen molar-refractivity contribution in [2.45, 2.75) is 6.92 Å². The number of carbonyl (C=O) groups is 2. The maximum absolute atomic E-state index is 12.2. The van der Waals surface area contributed by atoms with Gasteiger partial charge in [0.2, 0.25) is 0 Å². The third kappa shape index (κ3) is 4.07. The van der Waals surface area contributed by atoms with E-state index in [0.29, 0.717) is 22.1 Å². The van der Waals surface area contributed by atoms with Crippen molar-refractivity contribution in [2.24, 2.45) is 0 Å². The highest BCUT2D eigenvalue weighted by Crippen LogP contribution is 2.20. The standard InChI is InChI=1S/C18H15ClN4O3/c1-12-17(22-23(21-12)13-7-3-2-4-8-13)18(25)26-11-16(24)20-15-10-6-5-9-14(15)19/h2-10H,11H2,1H3,(H,20,24). The lowest BCUT2D eigenvalue weighted by atomic mass is 10.3. The fourth-order valence-corrected chi connectivity index (χ4v) is 2.38. The van der Waals surface area contributed by atoms with Crippen molar-refractivity contribution in [1.29, 1.82) is 0 Å². The fourth-order valence-electron chi connectivity index (χ4n) is 2.19. The first-order valence-corrected chi connectivity index (χ1v) is 8.13. The normalized spacial score (nSPS) is 10.4. The highest BCUT2D eigenvalue weighted by molar-refractivity contribution is 6.33. The van der Waals surface area contributed by atoms with Gasteiger partial charge in [0.05, 0.1) is 22.1 Å². The van der Waals surface area contributed by atoms with Crippen LogP contribution >= 0.6 is 11.6 Å². The van der Waals surface area contributed by atoms with Crippen molar-refractivity contribution in [1.82, 2.24) is 15.0 Å². The van der Waals surface area contributed by atoms with Crippen LogP contribution in [-0.2, 0) is 9.53 Å². The van der Waals surface area contributed by atoms with Crippen molar-refractivity contribution in [2.75, 3.05) is 11.9 Å². The summed E-state index contributed by atoms with van der Waals surface area (Å²) in [6, 6.07) is 15.9. The van der Waals surface area contributed by atoms with Crippen molar-refractivity contribution < 1.29 is 14.3 Å². The van der Waals surface area contributed by atoms with Gasteiger partial charge in [-0.25, -0.2) is 4.79 Å². The molecule has 0 spiro atoms. The Morgan fingerprint density at radius 2 is 1.77 bits per heavy atom. The molecule has 0 saturated heterocycles. The number of amides is 1. The van der Waals surface area contributed by atoms with E-state index in [9.17, 15) is 9.59 Å². The number of nitrogens with one attached hydrogen (secondary N) is 1. The van der Waals surface area contributed by atoms with E-state index >= 15 is 0 Å². The summed E-state index contributed by atoms with van der Waals surface area (Å²) in [7, 11) is 0. The summed E-state index contributed by atoms with van der Waals surface area (Å²) in [5.41, 5.74) is 1.62. The minimum absolute atomic E-state index is 0.0550. The van der Waals surface area contributed by atoms with Gasteiger partial charge >= 0.3 is 5.97 Å². The molecule has 0 unspecified atom stereocenters. The number of aryl methyl sites for hydroxylation is 1. The zero-order valence-electron chi connectivity index (χ0n) is 13.8. The second-order valence-electron chi connectivity index (χ2n) is 5.36. The number of hydrogen-bond acceptors (Lipinski definition) is 5. The first kappa shape index (κ1) is 17.6. The Morgan fingerprint density at radius 3 is 2.50 bits per heavy atom. The Balaban J connectivity index is 1.63. The number of halogens is 1. The van der Waals surface area contributed by atoms with Gasteiger partial charge in [0, 0.05) is 0 Å². The number of esters is 1. The fraction of sp³-hybridized carbons (Fsp3) is 0.111. The summed E-state index contributed by atoms with van der Waals surface area (Å²) in [5.74, 6) is -1.22. The molecule has 1 heterocycles. The summed E-state index contributed by atoms with van der Waals surface area (Å²) >= 11 is 5.97.